The van der Waals surface area contributed by atoms with Crippen LogP contribution < -0.4 is 4.74 Å². The molecule has 2 rings (SSSR count). The number of ether oxygens (including phenoxy) is 1. The van der Waals surface area contributed by atoms with Crippen LogP contribution in [0.1, 0.15) is 6.42 Å². The molecule has 0 unspecified atom stereocenters. The summed E-state index contributed by atoms with van der Waals surface area (Å²) < 4.78 is 5.66. The summed E-state index contributed by atoms with van der Waals surface area (Å²) in [5.41, 5.74) is 3.44. The predicted molar refractivity (Wildman–Crippen MR) is 81.3 cm³/mol. The van der Waals surface area contributed by atoms with Crippen molar-refractivity contribution in [2.75, 3.05) is 6.61 Å². The average molecular weight is 250 g/mol. The van der Waals surface area contributed by atoms with Gasteiger partial charge in [0.1, 0.15) is 12.4 Å². The maximum absolute atomic E-state index is 5.66. The Hall–Kier alpha value is -2.28. The molecule has 0 aliphatic heterocycles. The van der Waals surface area contributed by atoms with Crippen molar-refractivity contribution in [3.05, 3.63) is 79.4 Å². The Morgan fingerprint density at radius 3 is 2.21 bits per heavy atom. The third-order valence-corrected chi connectivity index (χ3v) is 2.84. The predicted octanol–water partition coefficient (Wildman–Crippen LogP) is 4.86. The molecule has 0 bridgehead atoms. The molecule has 0 fully saturated rings. The molecule has 96 valence electrons. The van der Waals surface area contributed by atoms with E-state index >= 15 is 0 Å². The van der Waals surface area contributed by atoms with E-state index in [4.69, 9.17) is 4.74 Å². The number of hydrogen-bond donors (Lipinski definition) is 0. The molecule has 2 aromatic carbocycles. The summed E-state index contributed by atoms with van der Waals surface area (Å²) in [4.78, 5) is 0. The summed E-state index contributed by atoms with van der Waals surface area (Å²) in [5, 5.41) is 0. The van der Waals surface area contributed by atoms with Gasteiger partial charge in [0, 0.05) is 0 Å². The minimum Gasteiger partial charge on any atom is -0.489 e. The monoisotopic (exact) mass is 250 g/mol. The van der Waals surface area contributed by atoms with Gasteiger partial charge in [-0.15, -0.1) is 6.58 Å². The molecule has 0 saturated carbocycles. The van der Waals surface area contributed by atoms with Gasteiger partial charge in [0.15, 0.2) is 0 Å². The van der Waals surface area contributed by atoms with Crippen molar-refractivity contribution in [1.29, 1.82) is 0 Å². The standard InChI is InChI=1S/C18H18O/c1-3-7-15(2)14-19-18-12-10-17(11-13-18)16-8-5-4-6-9-16/h3-6,8-13H,1-2,7,14H2. The van der Waals surface area contributed by atoms with Crippen LogP contribution in [0.25, 0.3) is 11.1 Å². The molecule has 0 aliphatic carbocycles. The summed E-state index contributed by atoms with van der Waals surface area (Å²) in [7, 11) is 0. The van der Waals surface area contributed by atoms with E-state index in [0.29, 0.717) is 6.61 Å². The number of benzene rings is 2. The SMILES string of the molecule is C=CCC(=C)COc1ccc(-c2ccccc2)cc1. The van der Waals surface area contributed by atoms with E-state index in [2.05, 4.69) is 37.4 Å². The molecule has 0 spiro atoms. The van der Waals surface area contributed by atoms with Crippen molar-refractivity contribution in [1.82, 2.24) is 0 Å². The minimum absolute atomic E-state index is 0.538. The van der Waals surface area contributed by atoms with Crippen molar-refractivity contribution < 1.29 is 4.74 Å². The lowest BCUT2D eigenvalue weighted by Crippen LogP contribution is -1.99. The Morgan fingerprint density at radius 1 is 0.947 bits per heavy atom. The molecule has 0 N–H and O–H groups in total. The normalized spacial score (nSPS) is 9.89. The van der Waals surface area contributed by atoms with Crippen molar-refractivity contribution in [2.45, 2.75) is 6.42 Å². The average Bonchev–Trinajstić information content (AvgIpc) is 2.47. The number of hydrogen-bond acceptors (Lipinski definition) is 1. The summed E-state index contributed by atoms with van der Waals surface area (Å²) in [6, 6.07) is 18.4. The molecule has 0 saturated heterocycles. The van der Waals surface area contributed by atoms with E-state index in [-0.39, 0.29) is 0 Å². The van der Waals surface area contributed by atoms with Gasteiger partial charge < -0.3 is 4.74 Å². The van der Waals surface area contributed by atoms with E-state index in [9.17, 15) is 0 Å². The third-order valence-electron chi connectivity index (χ3n) is 2.84. The lowest BCUT2D eigenvalue weighted by Gasteiger charge is -2.08. The third kappa shape index (κ3) is 3.85. The highest BCUT2D eigenvalue weighted by atomic mass is 16.5. The number of rotatable bonds is 6. The maximum Gasteiger partial charge on any atom is 0.119 e. The fourth-order valence-corrected chi connectivity index (χ4v) is 1.82. The second-order valence-corrected chi connectivity index (χ2v) is 4.42. The molecule has 0 aliphatic rings. The molecule has 0 radical (unpaired) electrons. The van der Waals surface area contributed by atoms with Crippen LogP contribution in [-0.4, -0.2) is 6.61 Å². The Morgan fingerprint density at radius 2 is 1.58 bits per heavy atom. The highest BCUT2D eigenvalue weighted by Crippen LogP contribution is 2.22. The zero-order valence-electron chi connectivity index (χ0n) is 11.0. The highest BCUT2D eigenvalue weighted by molar-refractivity contribution is 5.63. The molecule has 1 heteroatoms. The summed E-state index contributed by atoms with van der Waals surface area (Å²) in [6.45, 7) is 8.15. The van der Waals surface area contributed by atoms with E-state index in [1.54, 1.807) is 0 Å². The smallest absolute Gasteiger partial charge is 0.119 e. The van der Waals surface area contributed by atoms with Crippen LogP contribution in [0.15, 0.2) is 79.4 Å². The summed E-state index contributed by atoms with van der Waals surface area (Å²) in [5.74, 6) is 0.866. The molecular weight excluding hydrogens is 232 g/mol. The maximum atomic E-state index is 5.66. The molecule has 1 nitrogen and oxygen atoms in total. The zero-order chi connectivity index (χ0) is 13.5. The van der Waals surface area contributed by atoms with Crippen molar-refractivity contribution >= 4 is 0 Å². The quantitative estimate of drug-likeness (QED) is 0.665. The van der Waals surface area contributed by atoms with Gasteiger partial charge in [-0.2, -0.15) is 0 Å². The Bertz CT molecular complexity index is 538. The molecule has 0 heterocycles. The summed E-state index contributed by atoms with van der Waals surface area (Å²) in [6.07, 6.45) is 2.63. The van der Waals surface area contributed by atoms with E-state index in [1.165, 1.54) is 11.1 Å². The molecular formula is C18H18O. The minimum atomic E-state index is 0.538. The topological polar surface area (TPSA) is 9.23 Å². The molecule has 0 atom stereocenters. The van der Waals surface area contributed by atoms with Crippen molar-refractivity contribution in [3.63, 3.8) is 0 Å². The Labute approximate surface area is 114 Å². The lowest BCUT2D eigenvalue weighted by atomic mass is 10.1. The van der Waals surface area contributed by atoms with E-state index in [0.717, 1.165) is 17.7 Å². The first-order chi connectivity index (χ1) is 9.29. The number of allylic oxidation sites excluding steroid dienone is 1. The van der Waals surface area contributed by atoms with E-state index in [1.807, 2.05) is 36.4 Å². The van der Waals surface area contributed by atoms with Crippen LogP contribution in [0, 0.1) is 0 Å². The molecule has 0 aromatic heterocycles. The van der Waals surface area contributed by atoms with Crippen molar-refractivity contribution in [3.8, 4) is 16.9 Å². The highest BCUT2D eigenvalue weighted by Gasteiger charge is 1.99. The van der Waals surface area contributed by atoms with Gasteiger partial charge in [-0.05, 0) is 35.3 Å². The van der Waals surface area contributed by atoms with Gasteiger partial charge in [0.2, 0.25) is 0 Å². The van der Waals surface area contributed by atoms with Crippen LogP contribution >= 0.6 is 0 Å². The molecule has 19 heavy (non-hydrogen) atoms. The van der Waals surface area contributed by atoms with E-state index < -0.39 is 0 Å². The Kier molecular flexibility index (Phi) is 4.57. The summed E-state index contributed by atoms with van der Waals surface area (Å²) >= 11 is 0. The first kappa shape index (κ1) is 13.2. The second-order valence-electron chi connectivity index (χ2n) is 4.42. The van der Waals surface area contributed by atoms with Crippen LogP contribution in [0.2, 0.25) is 0 Å². The largest absolute Gasteiger partial charge is 0.489 e. The van der Waals surface area contributed by atoms with Gasteiger partial charge in [0.25, 0.3) is 0 Å². The van der Waals surface area contributed by atoms with Gasteiger partial charge >= 0.3 is 0 Å². The van der Waals surface area contributed by atoms with Crippen LogP contribution in [0.4, 0.5) is 0 Å². The molecule has 0 amide bonds. The fourth-order valence-electron chi connectivity index (χ4n) is 1.82. The van der Waals surface area contributed by atoms with Gasteiger partial charge in [-0.1, -0.05) is 55.1 Å². The second kappa shape index (κ2) is 6.60. The van der Waals surface area contributed by atoms with Gasteiger partial charge in [-0.25, -0.2) is 0 Å². The van der Waals surface area contributed by atoms with Gasteiger partial charge in [-0.3, -0.25) is 0 Å². The van der Waals surface area contributed by atoms with Gasteiger partial charge in [0.05, 0.1) is 0 Å². The lowest BCUT2D eigenvalue weighted by molar-refractivity contribution is 0.350. The molecule has 2 aromatic rings. The first-order valence-electron chi connectivity index (χ1n) is 6.35. The van der Waals surface area contributed by atoms with Crippen molar-refractivity contribution in [2.24, 2.45) is 0 Å². The Balaban J connectivity index is 1.99. The van der Waals surface area contributed by atoms with Crippen LogP contribution in [0.5, 0.6) is 5.75 Å². The first-order valence-corrected chi connectivity index (χ1v) is 6.35. The van der Waals surface area contributed by atoms with Crippen LogP contribution in [0.3, 0.4) is 0 Å². The zero-order valence-corrected chi connectivity index (χ0v) is 11.0. The fraction of sp³-hybridized carbons (Fsp3) is 0.111. The van der Waals surface area contributed by atoms with Crippen LogP contribution in [-0.2, 0) is 0 Å².